The average molecular weight is 438 g/mol. The summed E-state index contributed by atoms with van der Waals surface area (Å²) in [5.41, 5.74) is -0.578. The minimum atomic E-state index is -1.38. The van der Waals surface area contributed by atoms with Crippen molar-refractivity contribution in [2.45, 2.75) is 45.0 Å². The molecule has 9 heteroatoms. The van der Waals surface area contributed by atoms with Crippen molar-refractivity contribution in [2.24, 2.45) is 0 Å². The second-order valence-electron chi connectivity index (χ2n) is 7.97. The highest BCUT2D eigenvalue weighted by molar-refractivity contribution is 6.33. The van der Waals surface area contributed by atoms with Gasteiger partial charge in [0, 0.05) is 18.2 Å². The van der Waals surface area contributed by atoms with Crippen molar-refractivity contribution in [3.63, 3.8) is 0 Å². The first-order valence-electron chi connectivity index (χ1n) is 9.41. The number of hydrogen-bond acceptors (Lipinski definition) is 4. The standard InChI is InChI=1S/C21H22ClF2N3O3/c1-21(2,3)30-20(29)27-11-12(23)10-16(27)19(28)26-15-8-4-6-13(17(15)24)18-14(22)7-5-9-25-18/h4-9,12,16H,10-11H2,1-3H3,(H,26,28)/t12-,16+/m1/s1. The summed E-state index contributed by atoms with van der Waals surface area (Å²) in [4.78, 5) is 30.3. The highest BCUT2D eigenvalue weighted by atomic mass is 35.5. The Kier molecular flexibility index (Phi) is 6.26. The lowest BCUT2D eigenvalue weighted by Gasteiger charge is -2.27. The fraction of sp³-hybridized carbons (Fsp3) is 0.381. The van der Waals surface area contributed by atoms with Gasteiger partial charge >= 0.3 is 6.09 Å². The molecule has 2 heterocycles. The Labute approximate surface area is 178 Å². The molecule has 1 aromatic carbocycles. The van der Waals surface area contributed by atoms with E-state index in [0.717, 1.165) is 4.90 Å². The molecule has 2 amide bonds. The van der Waals surface area contributed by atoms with Gasteiger partial charge < -0.3 is 10.1 Å². The van der Waals surface area contributed by atoms with E-state index in [1.807, 2.05) is 0 Å². The Morgan fingerprint density at radius 2 is 2.00 bits per heavy atom. The largest absolute Gasteiger partial charge is 0.444 e. The number of carbonyl (C=O) groups is 2. The van der Waals surface area contributed by atoms with Gasteiger partial charge in [0.1, 0.15) is 17.8 Å². The number of anilines is 1. The van der Waals surface area contributed by atoms with Crippen molar-refractivity contribution in [2.75, 3.05) is 11.9 Å². The molecule has 3 rings (SSSR count). The third-order valence-electron chi connectivity index (χ3n) is 4.45. The van der Waals surface area contributed by atoms with Crippen molar-refractivity contribution >= 4 is 29.3 Å². The molecule has 1 fully saturated rings. The van der Waals surface area contributed by atoms with Crippen molar-refractivity contribution < 1.29 is 23.1 Å². The van der Waals surface area contributed by atoms with Gasteiger partial charge in [-0.05, 0) is 45.0 Å². The van der Waals surface area contributed by atoms with E-state index < -0.39 is 35.6 Å². The summed E-state index contributed by atoms with van der Waals surface area (Å²) < 4.78 is 34.3. The number of amides is 2. The molecule has 1 aromatic heterocycles. The van der Waals surface area contributed by atoms with Crippen LogP contribution < -0.4 is 5.32 Å². The normalized spacial score (nSPS) is 18.9. The lowest BCUT2D eigenvalue weighted by molar-refractivity contribution is -0.120. The van der Waals surface area contributed by atoms with E-state index in [-0.39, 0.29) is 34.9 Å². The van der Waals surface area contributed by atoms with Crippen LogP contribution in [0.3, 0.4) is 0 Å². The molecule has 160 valence electrons. The summed E-state index contributed by atoms with van der Waals surface area (Å²) in [6.45, 7) is 4.75. The molecule has 0 aliphatic carbocycles. The van der Waals surface area contributed by atoms with Crippen LogP contribution in [0.1, 0.15) is 27.2 Å². The highest BCUT2D eigenvalue weighted by Crippen LogP contribution is 2.31. The maximum atomic E-state index is 15.0. The average Bonchev–Trinajstić information content (AvgIpc) is 3.05. The predicted molar refractivity (Wildman–Crippen MR) is 110 cm³/mol. The summed E-state index contributed by atoms with van der Waals surface area (Å²) in [5.74, 6) is -1.44. The number of pyridine rings is 1. The van der Waals surface area contributed by atoms with E-state index in [2.05, 4.69) is 10.3 Å². The number of carbonyl (C=O) groups excluding carboxylic acids is 2. The number of halogens is 3. The van der Waals surface area contributed by atoms with Crippen LogP contribution in [-0.4, -0.2) is 46.2 Å². The van der Waals surface area contributed by atoms with Crippen LogP contribution in [0.25, 0.3) is 11.3 Å². The van der Waals surface area contributed by atoms with Crippen molar-refractivity contribution in [3.8, 4) is 11.3 Å². The SMILES string of the molecule is CC(C)(C)OC(=O)N1C[C@H](F)C[C@H]1C(=O)Nc1cccc(-c2ncccc2Cl)c1F. The Bertz CT molecular complexity index is 965. The fourth-order valence-corrected chi connectivity index (χ4v) is 3.39. The Morgan fingerprint density at radius 1 is 1.27 bits per heavy atom. The van der Waals surface area contributed by atoms with E-state index in [1.54, 1.807) is 32.9 Å². The van der Waals surface area contributed by atoms with Crippen molar-refractivity contribution in [1.29, 1.82) is 0 Å². The third kappa shape index (κ3) is 4.87. The molecule has 1 aliphatic heterocycles. The van der Waals surface area contributed by atoms with Gasteiger partial charge in [0.25, 0.3) is 0 Å². The van der Waals surface area contributed by atoms with Gasteiger partial charge in [-0.25, -0.2) is 13.6 Å². The number of nitrogens with zero attached hydrogens (tertiary/aromatic N) is 2. The lowest BCUT2D eigenvalue weighted by atomic mass is 10.1. The second kappa shape index (κ2) is 8.55. The molecular formula is C21H22ClF2N3O3. The number of nitrogens with one attached hydrogen (secondary N) is 1. The van der Waals surface area contributed by atoms with Gasteiger partial charge in [-0.2, -0.15) is 0 Å². The summed E-state index contributed by atoms with van der Waals surface area (Å²) in [6, 6.07) is 6.47. The quantitative estimate of drug-likeness (QED) is 0.746. The van der Waals surface area contributed by atoms with E-state index in [4.69, 9.17) is 16.3 Å². The molecule has 0 spiro atoms. The molecule has 1 saturated heterocycles. The number of aromatic nitrogens is 1. The number of alkyl halides is 1. The van der Waals surface area contributed by atoms with E-state index in [9.17, 15) is 14.0 Å². The monoisotopic (exact) mass is 437 g/mol. The summed E-state index contributed by atoms with van der Waals surface area (Å²) >= 11 is 6.10. The second-order valence-corrected chi connectivity index (χ2v) is 8.38. The van der Waals surface area contributed by atoms with Crippen LogP contribution in [-0.2, 0) is 9.53 Å². The smallest absolute Gasteiger partial charge is 0.411 e. The number of rotatable bonds is 3. The van der Waals surface area contributed by atoms with Gasteiger partial charge in [-0.3, -0.25) is 14.7 Å². The first-order chi connectivity index (χ1) is 14.1. The summed E-state index contributed by atoms with van der Waals surface area (Å²) in [5, 5.41) is 2.71. The van der Waals surface area contributed by atoms with Crippen LogP contribution in [0.4, 0.5) is 19.3 Å². The zero-order chi connectivity index (χ0) is 22.1. The Balaban J connectivity index is 1.82. The van der Waals surface area contributed by atoms with Crippen LogP contribution >= 0.6 is 11.6 Å². The maximum Gasteiger partial charge on any atom is 0.411 e. The first kappa shape index (κ1) is 22.0. The topological polar surface area (TPSA) is 71.5 Å². The molecular weight excluding hydrogens is 416 g/mol. The van der Waals surface area contributed by atoms with E-state index in [1.165, 1.54) is 24.4 Å². The summed E-state index contributed by atoms with van der Waals surface area (Å²) in [7, 11) is 0. The van der Waals surface area contributed by atoms with Crippen LogP contribution in [0.15, 0.2) is 36.5 Å². The molecule has 2 atom stereocenters. The van der Waals surface area contributed by atoms with E-state index >= 15 is 4.39 Å². The Hall–Kier alpha value is -2.74. The first-order valence-corrected chi connectivity index (χ1v) is 9.78. The maximum absolute atomic E-state index is 15.0. The van der Waals surface area contributed by atoms with E-state index in [0.29, 0.717) is 0 Å². The molecule has 1 N–H and O–H groups in total. The molecule has 2 aromatic rings. The molecule has 0 bridgehead atoms. The lowest BCUT2D eigenvalue weighted by Crippen LogP contribution is -2.45. The number of likely N-dealkylation sites (tertiary alicyclic amines) is 1. The number of ether oxygens (including phenoxy) is 1. The number of benzene rings is 1. The van der Waals surface area contributed by atoms with Gasteiger partial charge in [0.2, 0.25) is 5.91 Å². The fourth-order valence-electron chi connectivity index (χ4n) is 3.17. The van der Waals surface area contributed by atoms with Crippen LogP contribution in [0, 0.1) is 5.82 Å². The van der Waals surface area contributed by atoms with Crippen LogP contribution in [0.5, 0.6) is 0 Å². The highest BCUT2D eigenvalue weighted by Gasteiger charge is 2.42. The zero-order valence-corrected chi connectivity index (χ0v) is 17.5. The van der Waals surface area contributed by atoms with Gasteiger partial charge in [-0.1, -0.05) is 17.7 Å². The van der Waals surface area contributed by atoms with Gasteiger partial charge in [0.15, 0.2) is 5.82 Å². The van der Waals surface area contributed by atoms with Gasteiger partial charge in [-0.15, -0.1) is 0 Å². The molecule has 30 heavy (non-hydrogen) atoms. The Morgan fingerprint density at radius 3 is 2.67 bits per heavy atom. The summed E-state index contributed by atoms with van der Waals surface area (Å²) in [6.07, 6.45) is -0.891. The van der Waals surface area contributed by atoms with Crippen molar-refractivity contribution in [3.05, 3.63) is 47.4 Å². The van der Waals surface area contributed by atoms with Gasteiger partial charge in [0.05, 0.1) is 22.9 Å². The molecule has 6 nitrogen and oxygen atoms in total. The third-order valence-corrected chi connectivity index (χ3v) is 4.76. The predicted octanol–water partition coefficient (Wildman–Crippen LogP) is 4.83. The molecule has 1 aliphatic rings. The zero-order valence-electron chi connectivity index (χ0n) is 16.8. The number of hydrogen-bond donors (Lipinski definition) is 1. The minimum absolute atomic E-state index is 0.109. The van der Waals surface area contributed by atoms with Crippen LogP contribution in [0.2, 0.25) is 5.02 Å². The molecule has 0 saturated carbocycles. The van der Waals surface area contributed by atoms with Crippen molar-refractivity contribution in [1.82, 2.24) is 9.88 Å². The molecule has 0 radical (unpaired) electrons. The molecule has 0 unspecified atom stereocenters. The minimum Gasteiger partial charge on any atom is -0.444 e.